The van der Waals surface area contributed by atoms with Crippen LogP contribution in [0.1, 0.15) is 19.0 Å². The molecule has 0 radical (unpaired) electrons. The Labute approximate surface area is 154 Å². The van der Waals surface area contributed by atoms with Gasteiger partial charge in [-0.05, 0) is 50.6 Å². The second-order valence-electron chi connectivity index (χ2n) is 7.55. The largest absolute Gasteiger partial charge is 0.371 e. The topological polar surface area (TPSA) is 66.3 Å². The Morgan fingerprint density at radius 3 is 2.69 bits per heavy atom. The van der Waals surface area contributed by atoms with Crippen LogP contribution in [0.5, 0.6) is 0 Å². The lowest BCUT2D eigenvalue weighted by Gasteiger charge is -2.33. The second-order valence-corrected chi connectivity index (χ2v) is 7.55. The van der Waals surface area contributed by atoms with Crippen molar-refractivity contribution in [2.45, 2.75) is 19.0 Å². The Bertz CT molecular complexity index is 811. The molecule has 2 aromatic rings. The molecule has 2 aliphatic heterocycles. The number of aryl methyl sites for hydroxylation is 1. The highest BCUT2D eigenvalue weighted by Gasteiger charge is 2.23. The van der Waals surface area contributed by atoms with Crippen LogP contribution in [-0.4, -0.2) is 55.5 Å². The molecule has 4 rings (SSSR count). The molecule has 1 unspecified atom stereocenters. The minimum atomic E-state index is 0.0167. The van der Waals surface area contributed by atoms with Gasteiger partial charge >= 0.3 is 5.69 Å². The van der Waals surface area contributed by atoms with E-state index in [1.54, 1.807) is 4.57 Å². The Morgan fingerprint density at radius 2 is 2.00 bits per heavy atom. The van der Waals surface area contributed by atoms with Crippen molar-refractivity contribution in [3.8, 4) is 0 Å². The first-order chi connectivity index (χ1) is 12.7. The van der Waals surface area contributed by atoms with Crippen LogP contribution in [0, 0.1) is 5.92 Å². The summed E-state index contributed by atoms with van der Waals surface area (Å²) in [7, 11) is 3.91. The van der Waals surface area contributed by atoms with E-state index < -0.39 is 0 Å². The lowest BCUT2D eigenvalue weighted by Crippen LogP contribution is -2.48. The van der Waals surface area contributed by atoms with Gasteiger partial charge in [-0.1, -0.05) is 0 Å². The van der Waals surface area contributed by atoms with Gasteiger partial charge in [-0.25, -0.2) is 4.79 Å². The highest BCUT2D eigenvalue weighted by molar-refractivity contribution is 5.80. The maximum Gasteiger partial charge on any atom is 0.330 e. The van der Waals surface area contributed by atoms with Crippen LogP contribution in [0.3, 0.4) is 0 Å². The number of anilines is 1. The SMILES string of the molecule is CNCC1CCN(c2ccc3c(c2)n(C)c(=O)n3C2CNCCN2)CC1. The fourth-order valence-corrected chi connectivity index (χ4v) is 4.35. The number of nitrogens with one attached hydrogen (secondary N) is 3. The third-order valence-electron chi connectivity index (χ3n) is 5.88. The van der Waals surface area contributed by atoms with Gasteiger partial charge in [0, 0.05) is 45.5 Å². The van der Waals surface area contributed by atoms with Crippen LogP contribution in [0.2, 0.25) is 0 Å². The molecule has 0 amide bonds. The van der Waals surface area contributed by atoms with E-state index in [9.17, 15) is 4.79 Å². The van der Waals surface area contributed by atoms with Crippen LogP contribution in [0.25, 0.3) is 11.0 Å². The van der Waals surface area contributed by atoms with E-state index in [0.29, 0.717) is 0 Å². The molecule has 0 saturated carbocycles. The summed E-state index contributed by atoms with van der Waals surface area (Å²) in [5.41, 5.74) is 3.29. The summed E-state index contributed by atoms with van der Waals surface area (Å²) in [5, 5.41) is 10.1. The first-order valence-electron chi connectivity index (χ1n) is 9.73. The highest BCUT2D eigenvalue weighted by Crippen LogP contribution is 2.27. The zero-order valence-corrected chi connectivity index (χ0v) is 15.8. The molecule has 2 aliphatic rings. The lowest BCUT2D eigenvalue weighted by molar-refractivity contribution is 0.336. The molecule has 0 spiro atoms. The molecular formula is C19H30N6O. The molecule has 142 valence electrons. The normalized spacial score (nSPS) is 22.2. The van der Waals surface area contributed by atoms with Gasteiger partial charge in [0.1, 0.15) is 6.17 Å². The Hall–Kier alpha value is -1.83. The number of fused-ring (bicyclic) bond motifs is 1. The van der Waals surface area contributed by atoms with E-state index >= 15 is 0 Å². The molecule has 2 saturated heterocycles. The zero-order chi connectivity index (χ0) is 18.1. The molecule has 3 N–H and O–H groups in total. The Morgan fingerprint density at radius 1 is 1.19 bits per heavy atom. The molecule has 7 nitrogen and oxygen atoms in total. The van der Waals surface area contributed by atoms with Crippen molar-refractivity contribution in [2.24, 2.45) is 13.0 Å². The number of nitrogens with zero attached hydrogens (tertiary/aromatic N) is 3. The molecule has 0 bridgehead atoms. The third-order valence-corrected chi connectivity index (χ3v) is 5.88. The zero-order valence-electron chi connectivity index (χ0n) is 15.8. The van der Waals surface area contributed by atoms with Gasteiger partial charge in [0.15, 0.2) is 0 Å². The van der Waals surface area contributed by atoms with Crippen molar-refractivity contribution >= 4 is 16.7 Å². The predicted molar refractivity (Wildman–Crippen MR) is 106 cm³/mol. The van der Waals surface area contributed by atoms with Crippen molar-refractivity contribution in [1.29, 1.82) is 0 Å². The van der Waals surface area contributed by atoms with E-state index in [4.69, 9.17) is 0 Å². The fourth-order valence-electron chi connectivity index (χ4n) is 4.35. The number of piperidine rings is 1. The van der Waals surface area contributed by atoms with Crippen molar-refractivity contribution < 1.29 is 0 Å². The van der Waals surface area contributed by atoms with Crippen molar-refractivity contribution in [3.63, 3.8) is 0 Å². The first-order valence-corrected chi connectivity index (χ1v) is 9.73. The van der Waals surface area contributed by atoms with Crippen LogP contribution >= 0.6 is 0 Å². The standard InChI is InChI=1S/C19H30N6O/c1-20-12-14-5-9-24(10-6-14)15-3-4-16-17(11-15)23(2)19(26)25(16)18-13-21-7-8-22-18/h3-4,11,14,18,20-22H,5-10,12-13H2,1-2H3. The molecule has 1 aromatic carbocycles. The summed E-state index contributed by atoms with van der Waals surface area (Å²) >= 11 is 0. The molecule has 1 aromatic heterocycles. The van der Waals surface area contributed by atoms with Crippen molar-refractivity contribution in [2.75, 3.05) is 51.2 Å². The monoisotopic (exact) mass is 358 g/mol. The minimum absolute atomic E-state index is 0.0167. The van der Waals surface area contributed by atoms with Gasteiger partial charge < -0.3 is 15.5 Å². The lowest BCUT2D eigenvalue weighted by atomic mass is 9.96. The van der Waals surface area contributed by atoms with Crippen LogP contribution in [0.15, 0.2) is 23.0 Å². The quantitative estimate of drug-likeness (QED) is 0.741. The van der Waals surface area contributed by atoms with E-state index in [1.807, 2.05) is 18.7 Å². The molecular weight excluding hydrogens is 328 g/mol. The Kier molecular flexibility index (Phi) is 5.02. The van der Waals surface area contributed by atoms with Gasteiger partial charge in [-0.15, -0.1) is 0 Å². The van der Waals surface area contributed by atoms with Crippen molar-refractivity contribution in [1.82, 2.24) is 25.1 Å². The number of piperazine rings is 1. The van der Waals surface area contributed by atoms with E-state index in [-0.39, 0.29) is 11.9 Å². The van der Waals surface area contributed by atoms with Gasteiger partial charge in [0.2, 0.25) is 0 Å². The Balaban J connectivity index is 1.62. The predicted octanol–water partition coefficient (Wildman–Crippen LogP) is 0.467. The average molecular weight is 358 g/mol. The summed E-state index contributed by atoms with van der Waals surface area (Å²) in [6.45, 7) is 5.88. The molecule has 0 aliphatic carbocycles. The minimum Gasteiger partial charge on any atom is -0.371 e. The van der Waals surface area contributed by atoms with Gasteiger partial charge in [0.25, 0.3) is 0 Å². The van der Waals surface area contributed by atoms with E-state index in [2.05, 4.69) is 39.0 Å². The first kappa shape index (κ1) is 17.6. The van der Waals surface area contributed by atoms with E-state index in [0.717, 1.165) is 56.2 Å². The van der Waals surface area contributed by atoms with Gasteiger partial charge in [-0.3, -0.25) is 14.5 Å². The smallest absolute Gasteiger partial charge is 0.330 e. The summed E-state index contributed by atoms with van der Waals surface area (Å²) in [5.74, 6) is 0.773. The van der Waals surface area contributed by atoms with Gasteiger partial charge in [0.05, 0.1) is 11.0 Å². The summed E-state index contributed by atoms with van der Waals surface area (Å²) in [6, 6.07) is 6.47. The summed E-state index contributed by atoms with van der Waals surface area (Å²) in [6.07, 6.45) is 2.45. The summed E-state index contributed by atoms with van der Waals surface area (Å²) < 4.78 is 3.67. The molecule has 26 heavy (non-hydrogen) atoms. The fraction of sp³-hybridized carbons (Fsp3) is 0.632. The average Bonchev–Trinajstić information content (AvgIpc) is 2.94. The molecule has 1 atom stereocenters. The second kappa shape index (κ2) is 7.42. The van der Waals surface area contributed by atoms with Crippen LogP contribution in [-0.2, 0) is 7.05 Å². The van der Waals surface area contributed by atoms with Crippen molar-refractivity contribution in [3.05, 3.63) is 28.7 Å². The number of imidazole rings is 1. The molecule has 2 fully saturated rings. The maximum absolute atomic E-state index is 12.8. The van der Waals surface area contributed by atoms with E-state index in [1.165, 1.54) is 18.5 Å². The highest BCUT2D eigenvalue weighted by atomic mass is 16.1. The number of hydrogen-bond donors (Lipinski definition) is 3. The number of aromatic nitrogens is 2. The number of hydrogen-bond acceptors (Lipinski definition) is 5. The number of rotatable bonds is 4. The molecule has 7 heteroatoms. The molecule has 3 heterocycles. The third kappa shape index (κ3) is 3.15. The summed E-state index contributed by atoms with van der Waals surface area (Å²) in [4.78, 5) is 15.3. The van der Waals surface area contributed by atoms with Gasteiger partial charge in [-0.2, -0.15) is 0 Å². The number of benzene rings is 1. The van der Waals surface area contributed by atoms with Crippen LogP contribution in [0.4, 0.5) is 5.69 Å². The maximum atomic E-state index is 12.8. The van der Waals surface area contributed by atoms with Crippen LogP contribution < -0.4 is 26.5 Å².